The summed E-state index contributed by atoms with van der Waals surface area (Å²) in [5.74, 6) is 1.13. The molecule has 0 saturated heterocycles. The first-order chi connectivity index (χ1) is 13.9. The van der Waals surface area contributed by atoms with Crippen molar-refractivity contribution in [2.24, 2.45) is 4.99 Å². The fourth-order valence-corrected chi connectivity index (χ4v) is 5.13. The van der Waals surface area contributed by atoms with E-state index in [1.165, 1.54) is 23.5 Å². The molecule has 3 rings (SSSR count). The van der Waals surface area contributed by atoms with Gasteiger partial charge in [0.05, 0.1) is 28.0 Å². The summed E-state index contributed by atoms with van der Waals surface area (Å²) in [4.78, 5) is 17.8. The van der Waals surface area contributed by atoms with Crippen LogP contribution in [0.2, 0.25) is 0 Å². The summed E-state index contributed by atoms with van der Waals surface area (Å²) in [6.45, 7) is 2.28. The third kappa shape index (κ3) is 4.73. The lowest BCUT2D eigenvalue weighted by Crippen LogP contribution is -2.18. The highest BCUT2D eigenvalue weighted by molar-refractivity contribution is 7.98. The largest absolute Gasteiger partial charge is 0.497 e. The van der Waals surface area contributed by atoms with Gasteiger partial charge in [0.2, 0.25) is 0 Å². The van der Waals surface area contributed by atoms with Crippen molar-refractivity contribution < 1.29 is 17.9 Å². The zero-order valence-electron chi connectivity index (χ0n) is 16.4. The topological polar surface area (TPSA) is 77.7 Å². The van der Waals surface area contributed by atoms with Gasteiger partial charge in [-0.1, -0.05) is 24.3 Å². The Hall–Kier alpha value is -2.10. The second-order valence-electron chi connectivity index (χ2n) is 6.21. The molecule has 0 saturated carbocycles. The number of carbonyl (C=O) groups excluding carboxylic acids is 1. The maximum atomic E-state index is 12.8. The van der Waals surface area contributed by atoms with Gasteiger partial charge < -0.3 is 9.30 Å². The Balaban J connectivity index is 2.10. The number of sulfone groups is 1. The van der Waals surface area contributed by atoms with Crippen LogP contribution in [0.15, 0.2) is 52.4 Å². The normalized spacial score (nSPS) is 12.4. The quantitative estimate of drug-likeness (QED) is 0.550. The number of thioether (sulfide) groups is 1. The number of aryl methyl sites for hydroxylation is 1. The number of carbonyl (C=O) groups is 1. The van der Waals surface area contributed by atoms with Crippen LogP contribution in [-0.2, 0) is 16.4 Å². The molecule has 0 unspecified atom stereocenters. The van der Waals surface area contributed by atoms with E-state index in [1.807, 2.05) is 29.0 Å². The van der Waals surface area contributed by atoms with Crippen LogP contribution in [0.1, 0.15) is 17.3 Å². The fourth-order valence-electron chi connectivity index (χ4n) is 2.80. The highest BCUT2D eigenvalue weighted by Gasteiger charge is 2.15. The summed E-state index contributed by atoms with van der Waals surface area (Å²) in [5.41, 5.74) is 1.21. The van der Waals surface area contributed by atoms with E-state index in [0.717, 1.165) is 21.7 Å². The minimum absolute atomic E-state index is 0.0192. The van der Waals surface area contributed by atoms with E-state index in [4.69, 9.17) is 4.74 Å². The Labute approximate surface area is 178 Å². The molecule has 0 N–H and O–H groups in total. The number of fused-ring (bicyclic) bond motifs is 1. The van der Waals surface area contributed by atoms with Crippen molar-refractivity contribution >= 4 is 49.1 Å². The molecular weight excluding hydrogens is 428 g/mol. The summed E-state index contributed by atoms with van der Waals surface area (Å²) < 4.78 is 32.6. The Morgan fingerprint density at radius 3 is 2.72 bits per heavy atom. The van der Waals surface area contributed by atoms with E-state index in [-0.39, 0.29) is 16.2 Å². The standard InChI is InChI=1S/C20H22N2O4S3/c1-4-29(24,25)16-7-5-6-14(12-16)19(23)21-20-22(10-11-27-3)17-13-15(26-2)8-9-18(17)28-20/h5-9,12-13H,4,10-11H2,1-3H3. The number of hydrogen-bond acceptors (Lipinski definition) is 6. The minimum Gasteiger partial charge on any atom is -0.497 e. The molecule has 0 aliphatic heterocycles. The molecule has 0 atom stereocenters. The average Bonchev–Trinajstić information content (AvgIpc) is 3.08. The molecule has 0 aliphatic rings. The first-order valence-corrected chi connectivity index (χ1v) is 12.8. The summed E-state index contributed by atoms with van der Waals surface area (Å²) >= 11 is 3.13. The summed E-state index contributed by atoms with van der Waals surface area (Å²) in [6.07, 6.45) is 2.03. The van der Waals surface area contributed by atoms with Crippen LogP contribution >= 0.6 is 23.1 Å². The second-order valence-corrected chi connectivity index (χ2v) is 10.5. The lowest BCUT2D eigenvalue weighted by Gasteiger charge is -2.05. The number of rotatable bonds is 7. The third-order valence-corrected chi connectivity index (χ3v) is 7.81. The molecule has 154 valence electrons. The molecule has 29 heavy (non-hydrogen) atoms. The monoisotopic (exact) mass is 450 g/mol. The summed E-state index contributed by atoms with van der Waals surface area (Å²) in [5, 5.41) is 0. The molecule has 1 heterocycles. The zero-order chi connectivity index (χ0) is 21.0. The van der Waals surface area contributed by atoms with Gasteiger partial charge in [0.15, 0.2) is 14.6 Å². The number of amides is 1. The molecule has 0 fully saturated rings. The van der Waals surface area contributed by atoms with E-state index in [2.05, 4.69) is 4.99 Å². The SMILES string of the molecule is CCS(=O)(=O)c1cccc(C(=O)N=c2sc3ccc(OC)cc3n2CCSC)c1. The lowest BCUT2D eigenvalue weighted by atomic mass is 10.2. The van der Waals surface area contributed by atoms with Gasteiger partial charge in [-0.05, 0) is 36.6 Å². The Bertz CT molecular complexity index is 1210. The van der Waals surface area contributed by atoms with E-state index in [9.17, 15) is 13.2 Å². The van der Waals surface area contributed by atoms with Crippen LogP contribution < -0.4 is 9.54 Å². The molecule has 1 amide bonds. The van der Waals surface area contributed by atoms with E-state index in [0.29, 0.717) is 11.3 Å². The highest BCUT2D eigenvalue weighted by atomic mass is 32.2. The summed E-state index contributed by atoms with van der Waals surface area (Å²) in [7, 11) is -1.77. The molecule has 1 aromatic heterocycles. The van der Waals surface area contributed by atoms with Gasteiger partial charge in [-0.25, -0.2) is 8.42 Å². The fraction of sp³-hybridized carbons (Fsp3) is 0.300. The third-order valence-electron chi connectivity index (χ3n) is 4.43. The van der Waals surface area contributed by atoms with Gasteiger partial charge in [0, 0.05) is 23.9 Å². The van der Waals surface area contributed by atoms with E-state index >= 15 is 0 Å². The predicted molar refractivity (Wildman–Crippen MR) is 119 cm³/mol. The van der Waals surface area contributed by atoms with Gasteiger partial charge in [-0.2, -0.15) is 16.8 Å². The molecule has 0 bridgehead atoms. The van der Waals surface area contributed by atoms with Crippen molar-refractivity contribution in [1.82, 2.24) is 4.57 Å². The van der Waals surface area contributed by atoms with Gasteiger partial charge in [0.1, 0.15) is 5.75 Å². The second kappa shape index (κ2) is 9.15. The number of methoxy groups -OCH3 is 1. The smallest absolute Gasteiger partial charge is 0.279 e. The van der Waals surface area contributed by atoms with Crippen LogP contribution in [-0.4, -0.2) is 43.8 Å². The van der Waals surface area contributed by atoms with Crippen LogP contribution in [0.5, 0.6) is 5.75 Å². The van der Waals surface area contributed by atoms with Crippen molar-refractivity contribution in [3.63, 3.8) is 0 Å². The first-order valence-electron chi connectivity index (χ1n) is 8.97. The molecule has 0 radical (unpaired) electrons. The number of hydrogen-bond donors (Lipinski definition) is 0. The molecule has 0 spiro atoms. The van der Waals surface area contributed by atoms with Gasteiger partial charge in [-0.3, -0.25) is 4.79 Å². The number of ether oxygens (including phenoxy) is 1. The number of thiazole rings is 1. The average molecular weight is 451 g/mol. The van der Waals surface area contributed by atoms with E-state index in [1.54, 1.807) is 37.9 Å². The maximum Gasteiger partial charge on any atom is 0.279 e. The minimum atomic E-state index is -3.39. The highest BCUT2D eigenvalue weighted by Crippen LogP contribution is 2.23. The number of benzene rings is 2. The van der Waals surface area contributed by atoms with Crippen molar-refractivity contribution in [2.45, 2.75) is 18.4 Å². The van der Waals surface area contributed by atoms with Crippen LogP contribution in [0.3, 0.4) is 0 Å². The van der Waals surface area contributed by atoms with Crippen molar-refractivity contribution in [1.29, 1.82) is 0 Å². The Morgan fingerprint density at radius 1 is 1.24 bits per heavy atom. The van der Waals surface area contributed by atoms with Crippen molar-refractivity contribution in [3.8, 4) is 5.75 Å². The molecule has 3 aromatic rings. The van der Waals surface area contributed by atoms with Crippen LogP contribution in [0.25, 0.3) is 10.2 Å². The molecule has 9 heteroatoms. The summed E-state index contributed by atoms with van der Waals surface area (Å²) in [6, 6.07) is 11.8. The van der Waals surface area contributed by atoms with Gasteiger partial charge >= 0.3 is 0 Å². The van der Waals surface area contributed by atoms with Crippen molar-refractivity contribution in [2.75, 3.05) is 24.9 Å². The number of aromatic nitrogens is 1. The maximum absolute atomic E-state index is 12.8. The predicted octanol–water partition coefficient (Wildman–Crippen LogP) is 3.61. The Kier molecular flexibility index (Phi) is 6.81. The lowest BCUT2D eigenvalue weighted by molar-refractivity contribution is 0.0997. The molecular formula is C20H22N2O4S3. The molecule has 2 aromatic carbocycles. The van der Waals surface area contributed by atoms with E-state index < -0.39 is 15.7 Å². The molecule has 6 nitrogen and oxygen atoms in total. The molecule has 0 aliphatic carbocycles. The first kappa shape index (κ1) is 21.6. The van der Waals surface area contributed by atoms with Gasteiger partial charge in [0.25, 0.3) is 5.91 Å². The van der Waals surface area contributed by atoms with Gasteiger partial charge in [-0.15, -0.1) is 0 Å². The van der Waals surface area contributed by atoms with Crippen LogP contribution in [0, 0.1) is 0 Å². The van der Waals surface area contributed by atoms with Crippen molar-refractivity contribution in [3.05, 3.63) is 52.8 Å². The zero-order valence-corrected chi connectivity index (χ0v) is 18.9. The Morgan fingerprint density at radius 2 is 2.03 bits per heavy atom. The number of nitrogens with zero attached hydrogens (tertiary/aromatic N) is 2. The van der Waals surface area contributed by atoms with Crippen LogP contribution in [0.4, 0.5) is 0 Å².